The van der Waals surface area contributed by atoms with Gasteiger partial charge in [0.15, 0.2) is 5.78 Å². The first-order chi connectivity index (χ1) is 27.7. The number of hydrogen-bond acceptors (Lipinski definition) is 9. The predicted molar refractivity (Wildman–Crippen MR) is 220 cm³/mol. The van der Waals surface area contributed by atoms with Crippen molar-refractivity contribution in [3.8, 4) is 17.0 Å². The summed E-state index contributed by atoms with van der Waals surface area (Å²) in [6, 6.07) is 17.2. The second-order valence-electron chi connectivity index (χ2n) is 17.8. The average molecular weight is 792 g/mol. The first kappa shape index (κ1) is 41.1. The number of ether oxygens (including phenoxy) is 3. The Bertz CT molecular complexity index is 2050. The third-order valence-electron chi connectivity index (χ3n) is 12.6. The summed E-state index contributed by atoms with van der Waals surface area (Å²) in [5, 5.41) is 0.858. The van der Waals surface area contributed by atoms with E-state index in [1.807, 2.05) is 63.2 Å². The topological polar surface area (TPSA) is 132 Å². The molecule has 0 N–H and O–H groups in total. The molecular weight excluding hydrogens is 735 g/mol. The maximum Gasteiger partial charge on any atom is 0.410 e. The van der Waals surface area contributed by atoms with Gasteiger partial charge in [0.05, 0.1) is 42.7 Å². The zero-order valence-electron chi connectivity index (χ0n) is 34.4. The number of esters is 1. The van der Waals surface area contributed by atoms with E-state index in [1.165, 1.54) is 6.92 Å². The van der Waals surface area contributed by atoms with Crippen LogP contribution in [0.25, 0.3) is 22.2 Å². The van der Waals surface area contributed by atoms with E-state index in [9.17, 15) is 19.2 Å². The van der Waals surface area contributed by atoms with Crippen molar-refractivity contribution >= 4 is 40.4 Å². The summed E-state index contributed by atoms with van der Waals surface area (Å²) in [4.78, 5) is 77.3. The van der Waals surface area contributed by atoms with Gasteiger partial charge >= 0.3 is 12.1 Å². The van der Waals surface area contributed by atoms with Gasteiger partial charge in [-0.15, -0.1) is 6.58 Å². The molecule has 3 aliphatic heterocycles. The van der Waals surface area contributed by atoms with Crippen LogP contribution in [0.15, 0.2) is 67.3 Å². The van der Waals surface area contributed by atoms with E-state index in [0.29, 0.717) is 44.5 Å². The Hall–Kier alpha value is -5.06. The van der Waals surface area contributed by atoms with Crippen LogP contribution in [0.3, 0.4) is 0 Å². The van der Waals surface area contributed by atoms with Crippen LogP contribution in [-0.2, 0) is 35.1 Å². The molecule has 1 unspecified atom stereocenters. The SMILES string of the molecule is C=C[C@@H]1C[C@]1(CC(=O)[C@@H]1C[C@@H]2CN1C(=O)C(C1CCN(C(=O)OC(C)(C)C)CC1)CC(=O)OCCCCCc1ccc3nc(-c4ccccc4)cc(c3c1)O2)C(C)=O. The molecule has 5 atom stereocenters. The Morgan fingerprint density at radius 2 is 1.78 bits per heavy atom. The van der Waals surface area contributed by atoms with Gasteiger partial charge in [0, 0.05) is 48.4 Å². The molecule has 1 saturated carbocycles. The highest BCUT2D eigenvalue weighted by atomic mass is 16.6. The highest BCUT2D eigenvalue weighted by Gasteiger charge is 2.58. The third kappa shape index (κ3) is 9.13. The number of hydrogen-bond donors (Lipinski definition) is 0. The van der Waals surface area contributed by atoms with Crippen molar-refractivity contribution in [1.82, 2.24) is 14.8 Å². The van der Waals surface area contributed by atoms with E-state index in [0.717, 1.165) is 47.0 Å². The number of fused-ring (bicyclic) bond motifs is 3. The number of carbonyl (C=O) groups excluding carboxylic acids is 5. The molecule has 2 amide bonds. The van der Waals surface area contributed by atoms with Crippen LogP contribution in [-0.4, -0.2) is 88.3 Å². The number of piperidine rings is 1. The Kier molecular flexibility index (Phi) is 12.1. The van der Waals surface area contributed by atoms with E-state index in [-0.39, 0.29) is 61.7 Å². The van der Waals surface area contributed by atoms with E-state index in [2.05, 4.69) is 18.7 Å². The fraction of sp³-hybridized carbons (Fsp3) is 0.532. The van der Waals surface area contributed by atoms with Crippen LogP contribution >= 0.6 is 0 Å². The number of amides is 2. The van der Waals surface area contributed by atoms with Crippen molar-refractivity contribution in [2.75, 3.05) is 26.2 Å². The molecule has 58 heavy (non-hydrogen) atoms. The zero-order chi connectivity index (χ0) is 41.2. The van der Waals surface area contributed by atoms with Crippen LogP contribution < -0.4 is 4.74 Å². The summed E-state index contributed by atoms with van der Waals surface area (Å²) in [6.07, 6.45) is 5.69. The summed E-state index contributed by atoms with van der Waals surface area (Å²) in [5.41, 5.74) is 2.14. The van der Waals surface area contributed by atoms with Crippen LogP contribution in [0, 0.1) is 23.2 Å². The average Bonchev–Trinajstić information content (AvgIpc) is 3.76. The summed E-state index contributed by atoms with van der Waals surface area (Å²) < 4.78 is 18.3. The molecule has 3 fully saturated rings. The first-order valence-corrected chi connectivity index (χ1v) is 21.0. The molecule has 0 radical (unpaired) electrons. The maximum absolute atomic E-state index is 15.1. The lowest BCUT2D eigenvalue weighted by molar-refractivity contribution is -0.152. The lowest BCUT2D eigenvalue weighted by atomic mass is 9.81. The van der Waals surface area contributed by atoms with Crippen LogP contribution in [0.1, 0.15) is 91.0 Å². The van der Waals surface area contributed by atoms with Crippen molar-refractivity contribution in [3.63, 3.8) is 0 Å². The number of ketones is 2. The van der Waals surface area contributed by atoms with Gasteiger partial charge in [-0.05, 0) is 102 Å². The van der Waals surface area contributed by atoms with Gasteiger partial charge in [0.1, 0.15) is 23.2 Å². The number of nitrogens with zero attached hydrogens (tertiary/aromatic N) is 3. The van der Waals surface area contributed by atoms with E-state index < -0.39 is 41.1 Å². The van der Waals surface area contributed by atoms with E-state index in [4.69, 9.17) is 19.2 Å². The number of cyclic esters (lactones) is 1. The normalized spacial score (nSPS) is 26.0. The molecular formula is C47H57N3O8. The largest absolute Gasteiger partial charge is 0.488 e. The molecule has 11 heteroatoms. The molecule has 11 nitrogen and oxygen atoms in total. The summed E-state index contributed by atoms with van der Waals surface area (Å²) in [5.74, 6) is -1.51. The zero-order valence-corrected chi connectivity index (χ0v) is 34.4. The summed E-state index contributed by atoms with van der Waals surface area (Å²) in [6.45, 7) is 12.0. The summed E-state index contributed by atoms with van der Waals surface area (Å²) in [7, 11) is 0. The molecule has 3 aromatic rings. The second kappa shape index (κ2) is 17.0. The maximum atomic E-state index is 15.1. The minimum atomic E-state index is -0.862. The summed E-state index contributed by atoms with van der Waals surface area (Å²) >= 11 is 0. The monoisotopic (exact) mass is 791 g/mol. The van der Waals surface area contributed by atoms with Gasteiger partial charge in [-0.3, -0.25) is 19.2 Å². The first-order valence-electron chi connectivity index (χ1n) is 21.0. The molecule has 4 heterocycles. The second-order valence-corrected chi connectivity index (χ2v) is 17.8. The number of pyridine rings is 1. The Labute approximate surface area is 341 Å². The van der Waals surface area contributed by atoms with Crippen LogP contribution in [0.5, 0.6) is 5.75 Å². The van der Waals surface area contributed by atoms with Crippen LogP contribution in [0.4, 0.5) is 4.79 Å². The number of aryl methyl sites for hydroxylation is 1. The molecule has 2 aromatic carbocycles. The fourth-order valence-electron chi connectivity index (χ4n) is 9.18. The highest BCUT2D eigenvalue weighted by Crippen LogP contribution is 2.57. The number of rotatable bonds is 7. The number of allylic oxidation sites excluding steroid dienone is 1. The van der Waals surface area contributed by atoms with Gasteiger partial charge in [-0.2, -0.15) is 0 Å². The Morgan fingerprint density at radius 3 is 2.47 bits per heavy atom. The number of Topliss-reactive ketones (excluding diaryl/α,β-unsaturated/α-hetero) is 2. The standard InChI is InChI=1S/C47H57N3O8/c1-6-34-27-47(34,30(2)51)28-41(52)40-24-35-29-50(40)44(54)36(32-18-20-49(21-19-32)45(55)58-46(3,4)5)25-43(53)56-22-12-8-9-13-31-16-17-38-37(23-31)42(57-35)26-39(48-38)33-14-10-7-11-15-33/h6-7,10-11,14-17,23,26,32,34-36,40H,1,8-9,12-13,18-22,24-25,27-29H2,2-5H3/t34-,35-,36?,40+,47+/m1/s1. The number of carbonyl (C=O) groups is 5. The highest BCUT2D eigenvalue weighted by molar-refractivity contribution is 5.97. The van der Waals surface area contributed by atoms with Gasteiger partial charge in [-0.1, -0.05) is 42.5 Å². The molecule has 7 rings (SSSR count). The number of benzene rings is 2. The molecule has 0 spiro atoms. The lowest BCUT2D eigenvalue weighted by Crippen LogP contribution is -2.49. The van der Waals surface area contributed by atoms with E-state index in [1.54, 1.807) is 15.9 Å². The van der Waals surface area contributed by atoms with Crippen molar-refractivity contribution in [2.45, 2.75) is 110 Å². The van der Waals surface area contributed by atoms with Gasteiger partial charge in [-0.25, -0.2) is 9.78 Å². The van der Waals surface area contributed by atoms with Gasteiger partial charge in [0.2, 0.25) is 5.91 Å². The van der Waals surface area contributed by atoms with Crippen LogP contribution in [0.2, 0.25) is 0 Å². The lowest BCUT2D eigenvalue weighted by Gasteiger charge is -2.38. The predicted octanol–water partition coefficient (Wildman–Crippen LogP) is 7.91. The van der Waals surface area contributed by atoms with Crippen molar-refractivity contribution < 1.29 is 38.2 Å². The fourth-order valence-corrected chi connectivity index (χ4v) is 9.18. The number of aromatic nitrogens is 1. The molecule has 2 saturated heterocycles. The molecule has 4 aliphatic rings. The van der Waals surface area contributed by atoms with Crippen molar-refractivity contribution in [2.24, 2.45) is 23.2 Å². The van der Waals surface area contributed by atoms with Crippen molar-refractivity contribution in [1.29, 1.82) is 0 Å². The Morgan fingerprint density at radius 1 is 1.02 bits per heavy atom. The smallest absolute Gasteiger partial charge is 0.410 e. The molecule has 4 bridgehead atoms. The minimum Gasteiger partial charge on any atom is -0.488 e. The van der Waals surface area contributed by atoms with E-state index >= 15 is 4.79 Å². The molecule has 308 valence electrons. The molecule has 1 aliphatic carbocycles. The third-order valence-corrected chi connectivity index (χ3v) is 12.6. The molecule has 1 aromatic heterocycles. The minimum absolute atomic E-state index is 0.000868. The van der Waals surface area contributed by atoms with Gasteiger partial charge < -0.3 is 24.0 Å². The van der Waals surface area contributed by atoms with Gasteiger partial charge in [0.25, 0.3) is 0 Å². The Balaban J connectivity index is 1.23. The number of likely N-dealkylation sites (tertiary alicyclic amines) is 1. The van der Waals surface area contributed by atoms with Crippen molar-refractivity contribution in [3.05, 3.63) is 72.8 Å². The quantitative estimate of drug-likeness (QED) is 0.173.